The van der Waals surface area contributed by atoms with E-state index in [0.29, 0.717) is 17.1 Å². The molecule has 6 aromatic rings. The van der Waals surface area contributed by atoms with Crippen molar-refractivity contribution in [3.8, 4) is 23.2 Å². The van der Waals surface area contributed by atoms with E-state index < -0.39 is 0 Å². The molecule has 1 N–H and O–H groups in total. The van der Waals surface area contributed by atoms with Gasteiger partial charge in [0.2, 0.25) is 5.88 Å². The minimum Gasteiger partial charge on any atom is -0.505 e. The zero-order valence-electron chi connectivity index (χ0n) is 21.3. The summed E-state index contributed by atoms with van der Waals surface area (Å²) in [4.78, 5) is 9.33. The van der Waals surface area contributed by atoms with Crippen LogP contribution in [0.1, 0.15) is 27.8 Å². The van der Waals surface area contributed by atoms with Crippen molar-refractivity contribution in [2.24, 2.45) is 0 Å². The maximum atomic E-state index is 10.7. The van der Waals surface area contributed by atoms with Crippen LogP contribution in [0.5, 0.6) is 17.4 Å². The quantitative estimate of drug-likeness (QED) is 0.198. The number of benzene rings is 3. The summed E-state index contributed by atoms with van der Waals surface area (Å²) in [5, 5.41) is 13.9. The molecule has 0 unspecified atom stereocenters. The average Bonchev–Trinajstić information content (AvgIpc) is 3.18. The van der Waals surface area contributed by atoms with Crippen molar-refractivity contribution in [1.29, 1.82) is 0 Å². The Bertz CT molecular complexity index is 1820. The van der Waals surface area contributed by atoms with E-state index in [2.05, 4.69) is 47.7 Å². The summed E-state index contributed by atoms with van der Waals surface area (Å²) < 4.78 is 8.47. The molecule has 0 aliphatic heterocycles. The SMILES string of the molecule is Cc1ccc2c3c(C)cc(Oc4nc5c(O)c(C)c(C)cc5cc4C)[c-]c3n(-c3ccccn3)c2c1.[Pt]. The summed E-state index contributed by atoms with van der Waals surface area (Å²) >= 11 is 0. The minimum atomic E-state index is 0. The van der Waals surface area contributed by atoms with Crippen LogP contribution < -0.4 is 4.74 Å². The second-order valence-corrected chi connectivity index (χ2v) is 9.54. The van der Waals surface area contributed by atoms with Crippen LogP contribution in [0, 0.1) is 40.7 Å². The number of aromatic nitrogens is 3. The number of nitrogens with zero attached hydrogens (tertiary/aromatic N) is 3. The number of ether oxygens (including phenoxy) is 1. The minimum absolute atomic E-state index is 0. The Kier molecular flexibility index (Phi) is 6.29. The molecular weight excluding hydrogens is 641 g/mol. The Hall–Kier alpha value is -3.69. The summed E-state index contributed by atoms with van der Waals surface area (Å²) in [6.45, 7) is 10.0. The molecule has 0 aliphatic rings. The standard InChI is InChI=1S/C31H26N3O2.Pt/c1-17-9-10-24-25(12-17)34(27-8-6-7-11-32-27)26-16-23(15-19(3)28(24)26)36-31-20(4)14-22-13-18(2)21(5)30(35)29(22)33-31;/h6-15,35H,1-5H3;/q-1;. The average molecular weight is 668 g/mol. The molecule has 6 rings (SSSR count). The number of hydrogen-bond acceptors (Lipinski definition) is 4. The number of phenolic OH excluding ortho intramolecular Hbond substituents is 1. The van der Waals surface area contributed by atoms with Gasteiger partial charge in [-0.25, -0.2) is 9.97 Å². The third-order valence-electron chi connectivity index (χ3n) is 6.93. The van der Waals surface area contributed by atoms with Crippen molar-refractivity contribution in [3.63, 3.8) is 0 Å². The van der Waals surface area contributed by atoms with Gasteiger partial charge in [-0.1, -0.05) is 36.0 Å². The fourth-order valence-electron chi connectivity index (χ4n) is 4.95. The van der Waals surface area contributed by atoms with Crippen LogP contribution in [0.3, 0.4) is 0 Å². The second-order valence-electron chi connectivity index (χ2n) is 9.54. The van der Waals surface area contributed by atoms with Gasteiger partial charge in [-0.2, -0.15) is 0 Å². The van der Waals surface area contributed by atoms with Crippen LogP contribution in [0.4, 0.5) is 0 Å². The zero-order chi connectivity index (χ0) is 25.1. The van der Waals surface area contributed by atoms with Gasteiger partial charge in [0.1, 0.15) is 17.1 Å². The van der Waals surface area contributed by atoms with Crippen LogP contribution >= 0.6 is 0 Å². The number of aromatic hydroxyl groups is 1. The largest absolute Gasteiger partial charge is 0.505 e. The maximum Gasteiger partial charge on any atom is 0.220 e. The molecule has 6 heteroatoms. The van der Waals surface area contributed by atoms with Crippen LogP contribution in [0.15, 0.2) is 60.8 Å². The fourth-order valence-corrected chi connectivity index (χ4v) is 4.95. The maximum absolute atomic E-state index is 10.7. The molecule has 188 valence electrons. The summed E-state index contributed by atoms with van der Waals surface area (Å²) in [5.41, 5.74) is 7.51. The molecule has 3 aromatic carbocycles. The van der Waals surface area contributed by atoms with E-state index in [1.807, 2.05) is 57.2 Å². The topological polar surface area (TPSA) is 60.2 Å². The van der Waals surface area contributed by atoms with Crippen molar-refractivity contribution in [2.75, 3.05) is 0 Å². The first kappa shape index (κ1) is 25.0. The Morgan fingerprint density at radius 2 is 1.68 bits per heavy atom. The molecule has 37 heavy (non-hydrogen) atoms. The molecule has 0 radical (unpaired) electrons. The molecule has 5 nitrogen and oxygen atoms in total. The molecule has 0 bridgehead atoms. The third-order valence-corrected chi connectivity index (χ3v) is 6.93. The number of pyridine rings is 2. The van der Waals surface area contributed by atoms with E-state index in [4.69, 9.17) is 9.72 Å². The van der Waals surface area contributed by atoms with Gasteiger partial charge < -0.3 is 14.4 Å². The van der Waals surface area contributed by atoms with Gasteiger partial charge in [0.25, 0.3) is 0 Å². The first-order chi connectivity index (χ1) is 17.3. The molecule has 0 saturated heterocycles. The van der Waals surface area contributed by atoms with Gasteiger partial charge in [-0.15, -0.1) is 17.7 Å². The first-order valence-electron chi connectivity index (χ1n) is 12.0. The molecule has 0 fully saturated rings. The molecule has 0 aliphatic carbocycles. The van der Waals surface area contributed by atoms with E-state index in [0.717, 1.165) is 55.3 Å². The van der Waals surface area contributed by atoms with Crippen LogP contribution in [0.2, 0.25) is 0 Å². The smallest absolute Gasteiger partial charge is 0.220 e. The van der Waals surface area contributed by atoms with E-state index in [-0.39, 0.29) is 26.8 Å². The number of hydrogen-bond donors (Lipinski definition) is 1. The van der Waals surface area contributed by atoms with Crippen LogP contribution in [-0.4, -0.2) is 19.6 Å². The second kappa shape index (κ2) is 9.31. The van der Waals surface area contributed by atoms with Crippen LogP contribution in [0.25, 0.3) is 38.5 Å². The monoisotopic (exact) mass is 667 g/mol. The summed E-state index contributed by atoms with van der Waals surface area (Å²) in [7, 11) is 0. The van der Waals surface area contributed by atoms with E-state index in [9.17, 15) is 5.11 Å². The normalized spacial score (nSPS) is 11.3. The molecule has 3 aromatic heterocycles. The predicted molar refractivity (Wildman–Crippen MR) is 145 cm³/mol. The van der Waals surface area contributed by atoms with Gasteiger partial charge in [0, 0.05) is 49.5 Å². The van der Waals surface area contributed by atoms with Gasteiger partial charge >= 0.3 is 0 Å². The van der Waals surface area contributed by atoms with Crippen molar-refractivity contribution in [2.45, 2.75) is 34.6 Å². The summed E-state index contributed by atoms with van der Waals surface area (Å²) in [6.07, 6.45) is 1.80. The molecule has 3 heterocycles. The third kappa shape index (κ3) is 4.08. The van der Waals surface area contributed by atoms with E-state index in [1.54, 1.807) is 6.20 Å². The van der Waals surface area contributed by atoms with Crippen molar-refractivity contribution in [1.82, 2.24) is 14.5 Å². The molecule has 0 saturated carbocycles. The molecule has 0 atom stereocenters. The van der Waals surface area contributed by atoms with Crippen LogP contribution in [-0.2, 0) is 21.1 Å². The van der Waals surface area contributed by atoms with Gasteiger partial charge in [0.05, 0.1) is 0 Å². The Morgan fingerprint density at radius 1 is 0.892 bits per heavy atom. The number of phenols is 1. The Morgan fingerprint density at radius 3 is 2.43 bits per heavy atom. The predicted octanol–water partition coefficient (Wildman–Crippen LogP) is 7.56. The van der Waals surface area contributed by atoms with E-state index in [1.165, 1.54) is 5.56 Å². The Balaban J connectivity index is 0.00000280. The van der Waals surface area contributed by atoms with Gasteiger partial charge in [0.15, 0.2) is 0 Å². The fraction of sp³-hybridized carbons (Fsp3) is 0.161. The molecular formula is C31H26N3O2Pt-. The van der Waals surface area contributed by atoms with Crippen molar-refractivity contribution in [3.05, 3.63) is 94.7 Å². The zero-order valence-corrected chi connectivity index (χ0v) is 23.6. The van der Waals surface area contributed by atoms with Crippen molar-refractivity contribution >= 4 is 32.7 Å². The first-order valence-corrected chi connectivity index (χ1v) is 12.0. The summed E-state index contributed by atoms with van der Waals surface area (Å²) in [6, 6.07) is 21.9. The van der Waals surface area contributed by atoms with Gasteiger partial charge in [-0.05, 0) is 80.1 Å². The number of fused-ring (bicyclic) bond motifs is 4. The van der Waals surface area contributed by atoms with Crippen molar-refractivity contribution < 1.29 is 30.9 Å². The Labute approximate surface area is 230 Å². The number of aryl methyl sites for hydroxylation is 4. The summed E-state index contributed by atoms with van der Waals surface area (Å²) in [5.74, 6) is 2.03. The van der Waals surface area contributed by atoms with E-state index >= 15 is 0 Å². The molecule has 0 amide bonds. The number of rotatable bonds is 3. The molecule has 0 spiro atoms. The van der Waals surface area contributed by atoms with Gasteiger partial charge in [-0.3, -0.25) is 0 Å².